The summed E-state index contributed by atoms with van der Waals surface area (Å²) in [7, 11) is 0. The van der Waals surface area contributed by atoms with Gasteiger partial charge >= 0.3 is 0 Å². The average Bonchev–Trinajstić information content (AvgIpc) is 3.12. The normalized spacial score (nSPS) is 23.8. The number of rotatable bonds is 4. The third-order valence-corrected chi connectivity index (χ3v) is 5.69. The zero-order chi connectivity index (χ0) is 14.8. The van der Waals surface area contributed by atoms with Gasteiger partial charge in [-0.2, -0.15) is 0 Å². The maximum atomic E-state index is 12.5. The first-order valence-electron chi connectivity index (χ1n) is 7.87. The van der Waals surface area contributed by atoms with Gasteiger partial charge in [0.15, 0.2) is 5.78 Å². The van der Waals surface area contributed by atoms with Crippen molar-refractivity contribution in [2.45, 2.75) is 44.6 Å². The van der Waals surface area contributed by atoms with Crippen molar-refractivity contribution in [3.63, 3.8) is 0 Å². The highest BCUT2D eigenvalue weighted by Crippen LogP contribution is 2.35. The van der Waals surface area contributed by atoms with E-state index in [1.807, 2.05) is 0 Å². The average molecular weight is 326 g/mol. The molecule has 2 fully saturated rings. The number of halogens is 2. The van der Waals surface area contributed by atoms with Crippen LogP contribution in [0, 0.1) is 5.92 Å². The van der Waals surface area contributed by atoms with Gasteiger partial charge in [0.05, 0.1) is 16.6 Å². The highest BCUT2D eigenvalue weighted by Gasteiger charge is 2.34. The number of benzene rings is 1. The molecule has 0 N–H and O–H groups in total. The SMILES string of the molecule is O=C(CN1CCCC1C1CCCC1)c1ccc(Cl)c(Cl)c1. The highest BCUT2D eigenvalue weighted by molar-refractivity contribution is 6.42. The van der Waals surface area contributed by atoms with Gasteiger partial charge in [-0.3, -0.25) is 9.69 Å². The molecule has 1 aromatic rings. The molecule has 0 bridgehead atoms. The van der Waals surface area contributed by atoms with Crippen LogP contribution >= 0.6 is 23.2 Å². The molecule has 1 unspecified atom stereocenters. The molecule has 2 nitrogen and oxygen atoms in total. The van der Waals surface area contributed by atoms with Gasteiger partial charge in [0.1, 0.15) is 0 Å². The number of Topliss-reactive ketones (excluding diaryl/α,β-unsaturated/α-hetero) is 1. The maximum Gasteiger partial charge on any atom is 0.176 e. The fraction of sp³-hybridized carbons (Fsp3) is 0.588. The van der Waals surface area contributed by atoms with Crippen LogP contribution in [0.4, 0.5) is 0 Å². The van der Waals surface area contributed by atoms with E-state index in [2.05, 4.69) is 4.90 Å². The van der Waals surface area contributed by atoms with E-state index in [-0.39, 0.29) is 5.78 Å². The maximum absolute atomic E-state index is 12.5. The summed E-state index contributed by atoms with van der Waals surface area (Å²) in [4.78, 5) is 14.9. The first-order valence-corrected chi connectivity index (χ1v) is 8.63. The fourth-order valence-corrected chi connectivity index (χ4v) is 4.17. The lowest BCUT2D eigenvalue weighted by molar-refractivity contribution is 0.0896. The summed E-state index contributed by atoms with van der Waals surface area (Å²) in [6.07, 6.45) is 7.85. The van der Waals surface area contributed by atoms with E-state index in [9.17, 15) is 4.79 Å². The molecule has 1 atom stereocenters. The molecule has 1 aliphatic heterocycles. The second-order valence-electron chi connectivity index (χ2n) is 6.28. The molecule has 1 saturated carbocycles. The van der Waals surface area contributed by atoms with Crippen LogP contribution in [-0.4, -0.2) is 29.8 Å². The predicted molar refractivity (Wildman–Crippen MR) is 87.3 cm³/mol. The summed E-state index contributed by atoms with van der Waals surface area (Å²) in [5, 5.41) is 0.953. The minimum atomic E-state index is 0.151. The van der Waals surface area contributed by atoms with Crippen LogP contribution in [0.2, 0.25) is 10.0 Å². The van der Waals surface area contributed by atoms with E-state index in [4.69, 9.17) is 23.2 Å². The Labute approximate surface area is 136 Å². The molecule has 1 heterocycles. The summed E-state index contributed by atoms with van der Waals surface area (Å²) in [6.45, 7) is 1.56. The van der Waals surface area contributed by atoms with Crippen LogP contribution in [0.15, 0.2) is 18.2 Å². The van der Waals surface area contributed by atoms with Crippen molar-refractivity contribution in [3.05, 3.63) is 33.8 Å². The Bertz CT molecular complexity index is 526. The number of hydrogen-bond donors (Lipinski definition) is 0. The van der Waals surface area contributed by atoms with Crippen molar-refractivity contribution < 1.29 is 4.79 Å². The van der Waals surface area contributed by atoms with Gasteiger partial charge in [0.2, 0.25) is 0 Å². The van der Waals surface area contributed by atoms with Crippen molar-refractivity contribution in [2.24, 2.45) is 5.92 Å². The lowest BCUT2D eigenvalue weighted by Gasteiger charge is -2.28. The number of hydrogen-bond acceptors (Lipinski definition) is 2. The van der Waals surface area contributed by atoms with Crippen molar-refractivity contribution in [3.8, 4) is 0 Å². The molecule has 1 saturated heterocycles. The second-order valence-corrected chi connectivity index (χ2v) is 7.09. The molecule has 0 aromatic heterocycles. The Morgan fingerprint density at radius 3 is 2.57 bits per heavy atom. The van der Waals surface area contributed by atoms with E-state index in [0.717, 1.165) is 12.5 Å². The van der Waals surface area contributed by atoms with E-state index in [1.165, 1.54) is 38.5 Å². The summed E-state index contributed by atoms with van der Waals surface area (Å²) >= 11 is 11.9. The minimum Gasteiger partial charge on any atom is -0.293 e. The first-order chi connectivity index (χ1) is 10.1. The van der Waals surface area contributed by atoms with E-state index in [0.29, 0.717) is 28.2 Å². The number of carbonyl (C=O) groups is 1. The molecule has 2 aliphatic rings. The van der Waals surface area contributed by atoms with Crippen molar-refractivity contribution in [1.29, 1.82) is 0 Å². The van der Waals surface area contributed by atoms with Gasteiger partial charge in [0, 0.05) is 11.6 Å². The van der Waals surface area contributed by atoms with E-state index < -0.39 is 0 Å². The molecular weight excluding hydrogens is 305 g/mol. The summed E-state index contributed by atoms with van der Waals surface area (Å²) in [5.74, 6) is 0.951. The standard InChI is InChI=1S/C17H21Cl2NO/c18-14-8-7-13(10-15(14)19)17(21)11-20-9-3-6-16(20)12-4-1-2-5-12/h7-8,10,12,16H,1-6,9,11H2. The number of likely N-dealkylation sites (tertiary alicyclic amines) is 1. The van der Waals surface area contributed by atoms with E-state index >= 15 is 0 Å². The van der Waals surface area contributed by atoms with Crippen molar-refractivity contribution in [1.82, 2.24) is 4.90 Å². The fourth-order valence-electron chi connectivity index (χ4n) is 3.87. The summed E-state index contributed by atoms with van der Waals surface area (Å²) < 4.78 is 0. The quantitative estimate of drug-likeness (QED) is 0.739. The molecular formula is C17H21Cl2NO. The smallest absolute Gasteiger partial charge is 0.176 e. The zero-order valence-corrected chi connectivity index (χ0v) is 13.7. The summed E-state index contributed by atoms with van der Waals surface area (Å²) in [6, 6.07) is 5.78. The van der Waals surface area contributed by atoms with Crippen LogP contribution in [0.3, 0.4) is 0 Å². The van der Waals surface area contributed by atoms with Crippen molar-refractivity contribution >= 4 is 29.0 Å². The Morgan fingerprint density at radius 2 is 1.86 bits per heavy atom. The molecule has 0 amide bonds. The second kappa shape index (κ2) is 6.68. The molecule has 0 radical (unpaired) electrons. The Hall–Kier alpha value is -0.570. The third-order valence-electron chi connectivity index (χ3n) is 4.95. The molecule has 0 spiro atoms. The topological polar surface area (TPSA) is 20.3 Å². The highest BCUT2D eigenvalue weighted by atomic mass is 35.5. The number of carbonyl (C=O) groups excluding carboxylic acids is 1. The zero-order valence-electron chi connectivity index (χ0n) is 12.2. The Kier molecular flexibility index (Phi) is 4.88. The predicted octanol–water partition coefficient (Wildman–Crippen LogP) is 4.83. The number of nitrogens with zero attached hydrogens (tertiary/aromatic N) is 1. The molecule has 4 heteroatoms. The summed E-state index contributed by atoms with van der Waals surface area (Å²) in [5.41, 5.74) is 0.668. The Morgan fingerprint density at radius 1 is 1.10 bits per heavy atom. The van der Waals surface area contributed by atoms with E-state index in [1.54, 1.807) is 18.2 Å². The molecule has 3 rings (SSSR count). The monoisotopic (exact) mass is 325 g/mol. The number of ketones is 1. The third kappa shape index (κ3) is 3.44. The molecule has 21 heavy (non-hydrogen) atoms. The largest absolute Gasteiger partial charge is 0.293 e. The lowest BCUT2D eigenvalue weighted by atomic mass is 9.95. The van der Waals surface area contributed by atoms with Gasteiger partial charge in [-0.1, -0.05) is 36.0 Å². The van der Waals surface area contributed by atoms with Gasteiger partial charge in [-0.15, -0.1) is 0 Å². The van der Waals surface area contributed by atoms with Crippen LogP contribution in [0.25, 0.3) is 0 Å². The molecule has 1 aliphatic carbocycles. The minimum absolute atomic E-state index is 0.151. The van der Waals surface area contributed by atoms with Gasteiger partial charge in [-0.25, -0.2) is 0 Å². The molecule has 1 aromatic carbocycles. The van der Waals surface area contributed by atoms with Crippen LogP contribution in [-0.2, 0) is 0 Å². The first kappa shape index (κ1) is 15.3. The molecule has 114 valence electrons. The lowest BCUT2D eigenvalue weighted by Crippen LogP contribution is -2.38. The van der Waals surface area contributed by atoms with Crippen LogP contribution in [0.5, 0.6) is 0 Å². The van der Waals surface area contributed by atoms with Crippen LogP contribution < -0.4 is 0 Å². The van der Waals surface area contributed by atoms with Crippen LogP contribution in [0.1, 0.15) is 48.9 Å². The van der Waals surface area contributed by atoms with Gasteiger partial charge in [-0.05, 0) is 56.3 Å². The van der Waals surface area contributed by atoms with Gasteiger partial charge < -0.3 is 0 Å². The van der Waals surface area contributed by atoms with Crippen molar-refractivity contribution in [2.75, 3.05) is 13.1 Å². The Balaban J connectivity index is 1.67. The van der Waals surface area contributed by atoms with Gasteiger partial charge in [0.25, 0.3) is 0 Å².